The molecule has 1 amide bonds. The van der Waals surface area contributed by atoms with E-state index in [1.807, 2.05) is 36.4 Å². The molecule has 0 fully saturated rings. The molecule has 0 atom stereocenters. The second-order valence-corrected chi connectivity index (χ2v) is 6.57. The molecule has 2 aromatic carbocycles. The Morgan fingerprint density at radius 1 is 1.21 bits per heavy atom. The van der Waals surface area contributed by atoms with Gasteiger partial charge in [-0.1, -0.05) is 29.8 Å². The van der Waals surface area contributed by atoms with Crippen LogP contribution < -0.4 is 0 Å². The number of hydrogen-bond donors (Lipinski definition) is 1. The summed E-state index contributed by atoms with van der Waals surface area (Å²) in [5.74, 6) is -0.225. The minimum atomic E-state index is -0.373. The molecule has 0 saturated carbocycles. The first-order valence-corrected chi connectivity index (χ1v) is 8.52. The molecule has 122 valence electrons. The van der Waals surface area contributed by atoms with Crippen molar-refractivity contribution in [3.63, 3.8) is 0 Å². The van der Waals surface area contributed by atoms with Gasteiger partial charge in [0.25, 0.3) is 5.91 Å². The molecular formula is C17H14ClN3O2S. The lowest BCUT2D eigenvalue weighted by Gasteiger charge is -1.98. The van der Waals surface area contributed by atoms with Crippen LogP contribution in [0.3, 0.4) is 0 Å². The lowest BCUT2D eigenvalue weighted by Crippen LogP contribution is -1.95. The number of carbonyl (C=O) groups is 1. The number of halogens is 1. The number of aryl methyl sites for hydroxylation is 1. The Balaban J connectivity index is 1.72. The average Bonchev–Trinajstić information content (AvgIpc) is 2.84. The molecule has 5 nitrogen and oxygen atoms in total. The van der Waals surface area contributed by atoms with Crippen molar-refractivity contribution in [1.29, 1.82) is 0 Å². The van der Waals surface area contributed by atoms with E-state index >= 15 is 0 Å². The maximum absolute atomic E-state index is 11.9. The zero-order valence-corrected chi connectivity index (χ0v) is 14.4. The Labute approximate surface area is 148 Å². The van der Waals surface area contributed by atoms with Crippen LogP contribution in [0.1, 0.15) is 0 Å². The quantitative estimate of drug-likeness (QED) is 0.530. The fourth-order valence-corrected chi connectivity index (χ4v) is 3.07. The van der Waals surface area contributed by atoms with E-state index in [1.54, 1.807) is 23.7 Å². The summed E-state index contributed by atoms with van der Waals surface area (Å²) in [7, 11) is 1.73. The maximum atomic E-state index is 11.9. The van der Waals surface area contributed by atoms with Crippen molar-refractivity contribution in [3.05, 3.63) is 53.6 Å². The molecule has 0 aliphatic carbocycles. The first-order chi connectivity index (χ1) is 11.6. The summed E-state index contributed by atoms with van der Waals surface area (Å²) in [5.41, 5.74) is 1.13. The summed E-state index contributed by atoms with van der Waals surface area (Å²) in [4.78, 5) is 12.8. The van der Waals surface area contributed by atoms with Crippen molar-refractivity contribution in [2.24, 2.45) is 17.3 Å². The van der Waals surface area contributed by atoms with Crippen LogP contribution >= 0.6 is 23.4 Å². The molecule has 0 spiro atoms. The number of para-hydroxylation sites is 1. The zero-order valence-electron chi connectivity index (χ0n) is 12.8. The van der Waals surface area contributed by atoms with Crippen molar-refractivity contribution in [3.8, 4) is 5.88 Å². The van der Waals surface area contributed by atoms with Crippen molar-refractivity contribution in [2.45, 2.75) is 4.90 Å². The van der Waals surface area contributed by atoms with Crippen LogP contribution in [0.2, 0.25) is 5.02 Å². The number of hydrogen-bond acceptors (Lipinski definition) is 4. The van der Waals surface area contributed by atoms with Gasteiger partial charge in [-0.15, -0.1) is 22.0 Å². The summed E-state index contributed by atoms with van der Waals surface area (Å²) in [5, 5.41) is 19.2. The number of benzene rings is 2. The summed E-state index contributed by atoms with van der Waals surface area (Å²) >= 11 is 7.18. The third kappa shape index (κ3) is 3.44. The van der Waals surface area contributed by atoms with Crippen molar-refractivity contribution in [2.75, 3.05) is 5.75 Å². The Bertz CT molecular complexity index is 919. The monoisotopic (exact) mass is 359 g/mol. The van der Waals surface area contributed by atoms with E-state index in [1.165, 1.54) is 11.8 Å². The van der Waals surface area contributed by atoms with E-state index in [4.69, 9.17) is 11.6 Å². The minimum Gasteiger partial charge on any atom is -0.493 e. The molecule has 1 aromatic heterocycles. The van der Waals surface area contributed by atoms with Crippen molar-refractivity contribution in [1.82, 2.24) is 4.57 Å². The highest BCUT2D eigenvalue weighted by atomic mass is 35.5. The highest BCUT2D eigenvalue weighted by molar-refractivity contribution is 8.00. The van der Waals surface area contributed by atoms with Gasteiger partial charge in [0.15, 0.2) is 5.69 Å². The molecular weight excluding hydrogens is 346 g/mol. The fraction of sp³-hybridized carbons (Fsp3) is 0.118. The normalized spacial score (nSPS) is 11.4. The number of amides is 1. The third-order valence-corrected chi connectivity index (χ3v) is 4.74. The summed E-state index contributed by atoms with van der Waals surface area (Å²) < 4.78 is 1.61. The number of nitrogens with zero attached hydrogens (tertiary/aromatic N) is 3. The predicted octanol–water partition coefficient (Wildman–Crippen LogP) is 4.94. The van der Waals surface area contributed by atoms with Crippen LogP contribution in [-0.2, 0) is 11.8 Å². The van der Waals surface area contributed by atoms with Crippen LogP contribution in [0.5, 0.6) is 5.88 Å². The van der Waals surface area contributed by atoms with Gasteiger partial charge in [-0.3, -0.25) is 4.79 Å². The van der Waals surface area contributed by atoms with Gasteiger partial charge >= 0.3 is 0 Å². The van der Waals surface area contributed by atoms with Gasteiger partial charge in [-0.2, -0.15) is 0 Å². The molecule has 3 rings (SSSR count). The number of rotatable bonds is 4. The van der Waals surface area contributed by atoms with Gasteiger partial charge in [0, 0.05) is 22.4 Å². The number of carbonyl (C=O) groups excluding carboxylic acids is 1. The van der Waals surface area contributed by atoms with E-state index < -0.39 is 0 Å². The summed E-state index contributed by atoms with van der Waals surface area (Å²) in [6, 6.07) is 14.6. The largest absolute Gasteiger partial charge is 0.493 e. The van der Waals surface area contributed by atoms with Crippen molar-refractivity contribution < 1.29 is 9.90 Å². The van der Waals surface area contributed by atoms with Gasteiger partial charge in [-0.05, 0) is 30.3 Å². The smallest absolute Gasteiger partial charge is 0.274 e. The third-order valence-electron chi connectivity index (χ3n) is 3.49. The second-order valence-electron chi connectivity index (χ2n) is 5.08. The van der Waals surface area contributed by atoms with Gasteiger partial charge in [-0.25, -0.2) is 0 Å². The fourth-order valence-electron chi connectivity index (χ4n) is 2.27. The summed E-state index contributed by atoms with van der Waals surface area (Å²) in [6.07, 6.45) is 0. The number of azo groups is 1. The van der Waals surface area contributed by atoms with Gasteiger partial charge < -0.3 is 9.67 Å². The molecule has 0 bridgehead atoms. The Hall–Kier alpha value is -2.31. The van der Waals surface area contributed by atoms with E-state index in [2.05, 4.69) is 10.2 Å². The van der Waals surface area contributed by atoms with E-state index in [-0.39, 0.29) is 17.5 Å². The maximum Gasteiger partial charge on any atom is 0.274 e. The highest BCUT2D eigenvalue weighted by Crippen LogP contribution is 2.37. The van der Waals surface area contributed by atoms with E-state index in [9.17, 15) is 9.90 Å². The lowest BCUT2D eigenvalue weighted by molar-refractivity contribution is -0.115. The molecule has 24 heavy (non-hydrogen) atoms. The number of aromatic nitrogens is 1. The molecule has 3 aromatic rings. The number of thioether (sulfide) groups is 1. The number of fused-ring (bicyclic) bond motifs is 1. The Morgan fingerprint density at radius 3 is 2.67 bits per heavy atom. The molecule has 0 saturated heterocycles. The SMILES string of the molecule is Cn1c(O)c(N=NC(=O)CSc2ccc(Cl)cc2)c2ccccc21. The molecule has 0 aliphatic heterocycles. The van der Waals surface area contributed by atoms with Crippen LogP contribution in [-0.4, -0.2) is 21.3 Å². The first-order valence-electron chi connectivity index (χ1n) is 7.15. The van der Waals surface area contributed by atoms with Crippen molar-refractivity contribution >= 4 is 45.9 Å². The highest BCUT2D eigenvalue weighted by Gasteiger charge is 2.14. The first kappa shape index (κ1) is 16.5. The van der Waals surface area contributed by atoms with Gasteiger partial charge in [0.2, 0.25) is 5.88 Å². The van der Waals surface area contributed by atoms with Gasteiger partial charge in [0.05, 0.1) is 11.3 Å². The number of aromatic hydroxyl groups is 1. The Kier molecular flexibility index (Phi) is 4.87. The van der Waals surface area contributed by atoms with Crippen LogP contribution in [0.4, 0.5) is 5.69 Å². The van der Waals surface area contributed by atoms with E-state index in [0.717, 1.165) is 15.8 Å². The van der Waals surface area contributed by atoms with E-state index in [0.29, 0.717) is 10.7 Å². The Morgan fingerprint density at radius 2 is 1.92 bits per heavy atom. The van der Waals surface area contributed by atoms with Gasteiger partial charge in [0.1, 0.15) is 0 Å². The molecule has 7 heteroatoms. The molecule has 0 unspecified atom stereocenters. The van der Waals surface area contributed by atoms with Crippen LogP contribution in [0, 0.1) is 0 Å². The van der Waals surface area contributed by atoms with Crippen LogP contribution in [0.15, 0.2) is 63.7 Å². The molecule has 0 radical (unpaired) electrons. The lowest BCUT2D eigenvalue weighted by atomic mass is 10.2. The standard InChI is InChI=1S/C17H14ClN3O2S/c1-21-14-5-3-2-4-13(14)16(17(21)23)20-19-15(22)10-24-12-8-6-11(18)7-9-12/h2-9,23H,10H2,1H3. The summed E-state index contributed by atoms with van der Waals surface area (Å²) in [6.45, 7) is 0. The topological polar surface area (TPSA) is 66.9 Å². The molecule has 1 N–H and O–H groups in total. The molecule has 1 heterocycles. The second kappa shape index (κ2) is 7.07. The molecule has 0 aliphatic rings. The zero-order chi connectivity index (χ0) is 17.1. The average molecular weight is 360 g/mol. The minimum absolute atomic E-state index is 0.0156. The van der Waals surface area contributed by atoms with Crippen LogP contribution in [0.25, 0.3) is 10.9 Å². The predicted molar refractivity (Wildman–Crippen MR) is 96.3 cm³/mol.